The molecular weight excluding hydrogens is 347 g/mol. The van der Waals surface area contributed by atoms with Crippen molar-refractivity contribution in [2.75, 3.05) is 0 Å². The van der Waals surface area contributed by atoms with E-state index in [0.717, 1.165) is 16.9 Å². The van der Waals surface area contributed by atoms with Crippen LogP contribution in [0, 0.1) is 6.92 Å². The van der Waals surface area contributed by atoms with Crippen molar-refractivity contribution in [2.24, 2.45) is 0 Å². The number of rotatable bonds is 5. The lowest BCUT2D eigenvalue weighted by atomic mass is 10.2. The van der Waals surface area contributed by atoms with Crippen molar-refractivity contribution in [3.63, 3.8) is 0 Å². The van der Waals surface area contributed by atoms with E-state index in [0.29, 0.717) is 17.4 Å². The van der Waals surface area contributed by atoms with Crippen molar-refractivity contribution in [3.05, 3.63) is 76.2 Å². The maximum atomic E-state index is 6.01. The molecule has 122 valence electrons. The molecule has 3 rings (SSSR count). The average molecular weight is 361 g/mol. The quantitative estimate of drug-likeness (QED) is 0.566. The van der Waals surface area contributed by atoms with Crippen LogP contribution in [0.3, 0.4) is 0 Å². The maximum absolute atomic E-state index is 6.01. The Morgan fingerprint density at radius 3 is 2.58 bits per heavy atom. The first-order valence-electron chi connectivity index (χ1n) is 7.25. The second kappa shape index (κ2) is 7.51. The fourth-order valence-corrected chi connectivity index (χ4v) is 2.33. The zero-order valence-corrected chi connectivity index (χ0v) is 14.4. The minimum Gasteiger partial charge on any atom is -0.489 e. The van der Waals surface area contributed by atoms with Gasteiger partial charge in [0, 0.05) is 0 Å². The zero-order valence-electron chi connectivity index (χ0n) is 12.9. The molecule has 0 aliphatic heterocycles. The van der Waals surface area contributed by atoms with Crippen LogP contribution >= 0.6 is 23.2 Å². The third-order valence-electron chi connectivity index (χ3n) is 3.28. The van der Waals surface area contributed by atoms with Gasteiger partial charge >= 0.3 is 0 Å². The van der Waals surface area contributed by atoms with Crippen LogP contribution in [-0.4, -0.2) is 9.97 Å². The molecule has 0 saturated heterocycles. The first-order chi connectivity index (χ1) is 11.6. The topological polar surface area (TPSA) is 44.2 Å². The number of ether oxygens (including phenoxy) is 2. The van der Waals surface area contributed by atoms with E-state index in [1.54, 1.807) is 0 Å². The predicted octanol–water partition coefficient (Wildman–Crippen LogP) is 5.46. The van der Waals surface area contributed by atoms with Gasteiger partial charge in [-0.1, -0.05) is 41.9 Å². The molecule has 0 aliphatic carbocycles. The molecule has 24 heavy (non-hydrogen) atoms. The first-order valence-corrected chi connectivity index (χ1v) is 8.00. The normalized spacial score (nSPS) is 10.5. The third-order valence-corrected chi connectivity index (χ3v) is 3.73. The van der Waals surface area contributed by atoms with Crippen molar-refractivity contribution in [1.29, 1.82) is 0 Å². The zero-order chi connectivity index (χ0) is 16.9. The molecule has 0 atom stereocenters. The molecule has 0 spiro atoms. The predicted molar refractivity (Wildman–Crippen MR) is 94.1 cm³/mol. The Morgan fingerprint density at radius 2 is 1.83 bits per heavy atom. The lowest BCUT2D eigenvalue weighted by molar-refractivity contribution is 0.305. The van der Waals surface area contributed by atoms with E-state index in [1.807, 2.05) is 55.5 Å². The Kier molecular flexibility index (Phi) is 5.18. The van der Waals surface area contributed by atoms with E-state index in [-0.39, 0.29) is 11.2 Å². The summed E-state index contributed by atoms with van der Waals surface area (Å²) >= 11 is 11.8. The summed E-state index contributed by atoms with van der Waals surface area (Å²) in [5.74, 6) is 1.60. The van der Waals surface area contributed by atoms with Gasteiger partial charge in [0.25, 0.3) is 0 Å². The van der Waals surface area contributed by atoms with Gasteiger partial charge in [-0.25, -0.2) is 4.98 Å². The van der Waals surface area contributed by atoms with E-state index in [1.165, 1.54) is 6.20 Å². The number of aryl methyl sites for hydroxylation is 1. The van der Waals surface area contributed by atoms with Gasteiger partial charge in [-0.15, -0.1) is 0 Å². The summed E-state index contributed by atoms with van der Waals surface area (Å²) in [5.41, 5.74) is 2.00. The van der Waals surface area contributed by atoms with E-state index in [9.17, 15) is 0 Å². The van der Waals surface area contributed by atoms with Gasteiger partial charge in [0.2, 0.25) is 11.2 Å². The van der Waals surface area contributed by atoms with Crippen molar-refractivity contribution < 1.29 is 9.47 Å². The second-order valence-corrected chi connectivity index (χ2v) is 5.84. The number of halogens is 2. The Balaban J connectivity index is 1.71. The van der Waals surface area contributed by atoms with Crippen LogP contribution in [0.2, 0.25) is 10.3 Å². The molecule has 0 bridgehead atoms. The molecule has 2 aromatic carbocycles. The van der Waals surface area contributed by atoms with Crippen molar-refractivity contribution in [1.82, 2.24) is 9.97 Å². The molecule has 1 heterocycles. The number of aromatic nitrogens is 2. The molecule has 1 aromatic heterocycles. The van der Waals surface area contributed by atoms with Crippen LogP contribution in [0.15, 0.2) is 54.7 Å². The van der Waals surface area contributed by atoms with Gasteiger partial charge in [-0.2, -0.15) is 4.98 Å². The lowest BCUT2D eigenvalue weighted by Gasteiger charge is -2.11. The van der Waals surface area contributed by atoms with Crippen molar-refractivity contribution in [3.8, 4) is 17.4 Å². The molecule has 0 radical (unpaired) electrons. The summed E-state index contributed by atoms with van der Waals surface area (Å²) in [6, 6.07) is 15.5. The van der Waals surface area contributed by atoms with Gasteiger partial charge in [0.05, 0.1) is 6.20 Å². The highest BCUT2D eigenvalue weighted by Crippen LogP contribution is 2.31. The van der Waals surface area contributed by atoms with Gasteiger partial charge < -0.3 is 9.47 Å². The smallest absolute Gasteiger partial charge is 0.242 e. The first kappa shape index (κ1) is 16.6. The number of nitrogens with zero attached hydrogens (tertiary/aromatic N) is 2. The molecule has 0 N–H and O–H groups in total. The van der Waals surface area contributed by atoms with Crippen LogP contribution in [0.4, 0.5) is 0 Å². The van der Waals surface area contributed by atoms with E-state index in [4.69, 9.17) is 32.7 Å². The number of hydrogen-bond acceptors (Lipinski definition) is 4. The Bertz CT molecular complexity index is 842. The van der Waals surface area contributed by atoms with Gasteiger partial charge in [-0.05, 0) is 47.9 Å². The third kappa shape index (κ3) is 4.16. The fraction of sp³-hybridized carbons (Fsp3) is 0.111. The summed E-state index contributed by atoms with van der Waals surface area (Å²) in [6.07, 6.45) is 1.40. The molecule has 0 saturated carbocycles. The monoisotopic (exact) mass is 360 g/mol. The second-order valence-electron chi connectivity index (χ2n) is 5.10. The highest BCUT2D eigenvalue weighted by Gasteiger charge is 2.10. The highest BCUT2D eigenvalue weighted by atomic mass is 35.5. The van der Waals surface area contributed by atoms with Gasteiger partial charge in [0.1, 0.15) is 23.1 Å². The minimum absolute atomic E-state index is 0.0786. The number of benzene rings is 2. The summed E-state index contributed by atoms with van der Waals surface area (Å²) in [7, 11) is 0. The average Bonchev–Trinajstić information content (AvgIpc) is 2.59. The van der Waals surface area contributed by atoms with E-state index in [2.05, 4.69) is 9.97 Å². The Morgan fingerprint density at radius 1 is 1.04 bits per heavy atom. The van der Waals surface area contributed by atoms with E-state index < -0.39 is 0 Å². The van der Waals surface area contributed by atoms with Crippen LogP contribution in [-0.2, 0) is 6.61 Å². The molecule has 0 amide bonds. The summed E-state index contributed by atoms with van der Waals surface area (Å²) in [5, 5.41) is 0.373. The molecular formula is C18H14Cl2N2O2. The van der Waals surface area contributed by atoms with E-state index >= 15 is 0 Å². The molecule has 6 heteroatoms. The van der Waals surface area contributed by atoms with Gasteiger partial charge in [0.15, 0.2) is 0 Å². The summed E-state index contributed by atoms with van der Waals surface area (Å²) < 4.78 is 11.5. The molecule has 0 unspecified atom stereocenters. The highest BCUT2D eigenvalue weighted by molar-refractivity contribution is 6.32. The van der Waals surface area contributed by atoms with Crippen molar-refractivity contribution in [2.45, 2.75) is 13.5 Å². The van der Waals surface area contributed by atoms with Crippen LogP contribution in [0.1, 0.15) is 11.1 Å². The summed E-state index contributed by atoms with van der Waals surface area (Å²) in [6.45, 7) is 2.43. The number of hydrogen-bond donors (Lipinski definition) is 0. The Hall–Kier alpha value is -2.30. The summed E-state index contributed by atoms with van der Waals surface area (Å²) in [4.78, 5) is 7.77. The lowest BCUT2D eigenvalue weighted by Crippen LogP contribution is -1.97. The van der Waals surface area contributed by atoms with Crippen molar-refractivity contribution >= 4 is 23.2 Å². The Labute approximate surface area is 150 Å². The van der Waals surface area contributed by atoms with Crippen LogP contribution in [0.5, 0.6) is 17.4 Å². The molecule has 3 aromatic rings. The fourth-order valence-electron chi connectivity index (χ4n) is 2.07. The maximum Gasteiger partial charge on any atom is 0.242 e. The standard InChI is InChI=1S/C18H14Cl2N2O2/c1-12-9-14(23-11-13-5-3-2-4-6-13)7-8-16(12)24-17-15(19)10-21-18(20)22-17/h2-10H,11H2,1H3. The van der Waals surface area contributed by atoms with Crippen LogP contribution < -0.4 is 9.47 Å². The SMILES string of the molecule is Cc1cc(OCc2ccccc2)ccc1Oc1nc(Cl)ncc1Cl. The molecule has 0 aliphatic rings. The van der Waals surface area contributed by atoms with Gasteiger partial charge in [-0.3, -0.25) is 0 Å². The van der Waals surface area contributed by atoms with Crippen LogP contribution in [0.25, 0.3) is 0 Å². The minimum atomic E-state index is 0.0786. The molecule has 0 fully saturated rings. The molecule has 4 nitrogen and oxygen atoms in total. The largest absolute Gasteiger partial charge is 0.489 e.